The lowest BCUT2D eigenvalue weighted by atomic mass is 10.0. The van der Waals surface area contributed by atoms with Gasteiger partial charge in [-0.05, 0) is 31.9 Å². The SMILES string of the molecule is CC(C)(C)OC(=O)NCc1cccc(C(O)C(O)C(N)=O)c1. The zero-order valence-corrected chi connectivity index (χ0v) is 12.9. The summed E-state index contributed by atoms with van der Waals surface area (Å²) in [6.45, 7) is 5.46. The van der Waals surface area contributed by atoms with E-state index in [1.807, 2.05) is 0 Å². The van der Waals surface area contributed by atoms with Gasteiger partial charge in [0.2, 0.25) is 5.91 Å². The smallest absolute Gasteiger partial charge is 0.407 e. The van der Waals surface area contributed by atoms with Crippen molar-refractivity contribution in [3.05, 3.63) is 35.4 Å². The van der Waals surface area contributed by atoms with Crippen molar-refractivity contribution in [2.24, 2.45) is 5.73 Å². The Hall–Kier alpha value is -2.12. The molecule has 0 spiro atoms. The lowest BCUT2D eigenvalue weighted by Crippen LogP contribution is -2.34. The van der Waals surface area contributed by atoms with E-state index in [0.717, 1.165) is 0 Å². The number of benzene rings is 1. The van der Waals surface area contributed by atoms with E-state index >= 15 is 0 Å². The predicted molar refractivity (Wildman–Crippen MR) is 79.7 cm³/mol. The Balaban J connectivity index is 2.69. The summed E-state index contributed by atoms with van der Waals surface area (Å²) in [6.07, 6.45) is -3.66. The molecule has 1 aromatic carbocycles. The molecule has 2 amide bonds. The van der Waals surface area contributed by atoms with Gasteiger partial charge < -0.3 is 26.0 Å². The fourth-order valence-corrected chi connectivity index (χ4v) is 1.71. The van der Waals surface area contributed by atoms with E-state index in [1.54, 1.807) is 45.0 Å². The van der Waals surface area contributed by atoms with Crippen molar-refractivity contribution < 1.29 is 24.5 Å². The minimum atomic E-state index is -1.69. The van der Waals surface area contributed by atoms with Gasteiger partial charge in [0.15, 0.2) is 6.10 Å². The van der Waals surface area contributed by atoms with Crippen LogP contribution in [0.4, 0.5) is 4.79 Å². The van der Waals surface area contributed by atoms with Crippen LogP contribution in [-0.4, -0.2) is 33.9 Å². The molecule has 0 aliphatic heterocycles. The van der Waals surface area contributed by atoms with Crippen molar-refractivity contribution >= 4 is 12.0 Å². The highest BCUT2D eigenvalue weighted by atomic mass is 16.6. The van der Waals surface area contributed by atoms with Gasteiger partial charge in [-0.25, -0.2) is 4.79 Å². The molecule has 0 aliphatic rings. The lowest BCUT2D eigenvalue weighted by Gasteiger charge is -2.20. The third kappa shape index (κ3) is 5.71. The number of hydrogen-bond acceptors (Lipinski definition) is 5. The summed E-state index contributed by atoms with van der Waals surface area (Å²) in [5, 5.41) is 21.9. The molecular weight excluding hydrogens is 288 g/mol. The van der Waals surface area contributed by atoms with Crippen molar-refractivity contribution in [1.82, 2.24) is 5.32 Å². The van der Waals surface area contributed by atoms with Gasteiger partial charge >= 0.3 is 6.09 Å². The van der Waals surface area contributed by atoms with E-state index in [-0.39, 0.29) is 6.54 Å². The third-order valence-electron chi connectivity index (χ3n) is 2.72. The van der Waals surface area contributed by atoms with Crippen LogP contribution in [-0.2, 0) is 16.1 Å². The molecule has 22 heavy (non-hydrogen) atoms. The van der Waals surface area contributed by atoms with Gasteiger partial charge in [0.1, 0.15) is 11.7 Å². The van der Waals surface area contributed by atoms with Crippen LogP contribution in [0.3, 0.4) is 0 Å². The van der Waals surface area contributed by atoms with E-state index in [2.05, 4.69) is 5.32 Å². The number of hydrogen-bond donors (Lipinski definition) is 4. The maximum absolute atomic E-state index is 11.6. The van der Waals surface area contributed by atoms with Crippen LogP contribution < -0.4 is 11.1 Å². The Kier molecular flexibility index (Phi) is 5.90. The van der Waals surface area contributed by atoms with Gasteiger partial charge in [-0.1, -0.05) is 24.3 Å². The normalized spacial score (nSPS) is 14.0. The van der Waals surface area contributed by atoms with Crippen LogP contribution in [0, 0.1) is 0 Å². The van der Waals surface area contributed by atoms with Gasteiger partial charge in [-0.3, -0.25) is 4.79 Å². The highest BCUT2D eigenvalue weighted by Crippen LogP contribution is 2.18. The van der Waals surface area contributed by atoms with Crippen LogP contribution >= 0.6 is 0 Å². The van der Waals surface area contributed by atoms with E-state index in [4.69, 9.17) is 10.5 Å². The second kappa shape index (κ2) is 7.24. The first kappa shape index (κ1) is 17.9. The number of aliphatic hydroxyl groups is 2. The molecule has 7 heteroatoms. The quantitative estimate of drug-likeness (QED) is 0.634. The zero-order chi connectivity index (χ0) is 16.9. The number of nitrogens with one attached hydrogen (secondary N) is 1. The summed E-state index contributed by atoms with van der Waals surface area (Å²) in [6, 6.07) is 6.48. The minimum absolute atomic E-state index is 0.183. The van der Waals surface area contributed by atoms with Gasteiger partial charge in [0.05, 0.1) is 0 Å². The van der Waals surface area contributed by atoms with Crippen LogP contribution in [0.1, 0.15) is 38.0 Å². The van der Waals surface area contributed by atoms with Crippen molar-refractivity contribution in [3.63, 3.8) is 0 Å². The fraction of sp³-hybridized carbons (Fsp3) is 0.467. The molecule has 0 saturated heterocycles. The van der Waals surface area contributed by atoms with Crippen molar-refractivity contribution in [3.8, 4) is 0 Å². The Morgan fingerprint density at radius 1 is 1.32 bits per heavy atom. The van der Waals surface area contributed by atoms with Gasteiger partial charge in [0, 0.05) is 6.54 Å². The summed E-state index contributed by atoms with van der Waals surface area (Å²) in [5.74, 6) is -1.01. The molecule has 7 nitrogen and oxygen atoms in total. The minimum Gasteiger partial charge on any atom is -0.444 e. The maximum Gasteiger partial charge on any atom is 0.407 e. The average molecular weight is 310 g/mol. The molecule has 0 bridgehead atoms. The third-order valence-corrected chi connectivity index (χ3v) is 2.72. The largest absolute Gasteiger partial charge is 0.444 e. The molecule has 5 N–H and O–H groups in total. The molecule has 2 unspecified atom stereocenters. The highest BCUT2D eigenvalue weighted by molar-refractivity contribution is 5.79. The maximum atomic E-state index is 11.6. The molecule has 2 atom stereocenters. The summed E-state index contributed by atoms with van der Waals surface area (Å²) in [7, 11) is 0. The van der Waals surface area contributed by atoms with Gasteiger partial charge in [0.25, 0.3) is 0 Å². The Morgan fingerprint density at radius 2 is 1.95 bits per heavy atom. The van der Waals surface area contributed by atoms with Crippen molar-refractivity contribution in [2.45, 2.75) is 45.1 Å². The summed E-state index contributed by atoms with van der Waals surface area (Å²) >= 11 is 0. The van der Waals surface area contributed by atoms with Gasteiger partial charge in [-0.2, -0.15) is 0 Å². The molecule has 1 aromatic rings. The van der Waals surface area contributed by atoms with E-state index < -0.39 is 29.8 Å². The standard InChI is InChI=1S/C15H22N2O5/c1-15(2,3)22-14(21)17-8-9-5-4-6-10(7-9)11(18)12(19)13(16)20/h4-7,11-12,18-19H,8H2,1-3H3,(H2,16,20)(H,17,21). The van der Waals surface area contributed by atoms with Gasteiger partial charge in [-0.15, -0.1) is 0 Å². The van der Waals surface area contributed by atoms with Crippen LogP contribution in [0.25, 0.3) is 0 Å². The Labute approximate surface area is 129 Å². The summed E-state index contributed by atoms with van der Waals surface area (Å²) < 4.78 is 5.11. The fourth-order valence-electron chi connectivity index (χ4n) is 1.71. The van der Waals surface area contributed by atoms with E-state index in [0.29, 0.717) is 11.1 Å². The highest BCUT2D eigenvalue weighted by Gasteiger charge is 2.23. The molecule has 0 saturated carbocycles. The molecule has 1 rings (SSSR count). The van der Waals surface area contributed by atoms with Crippen molar-refractivity contribution in [1.29, 1.82) is 0 Å². The molecule has 0 fully saturated rings. The predicted octanol–water partition coefficient (Wildman–Crippen LogP) is 0.591. The molecule has 0 heterocycles. The second-order valence-corrected chi connectivity index (χ2v) is 5.89. The average Bonchev–Trinajstić information content (AvgIpc) is 2.42. The van der Waals surface area contributed by atoms with Crippen molar-refractivity contribution in [2.75, 3.05) is 0 Å². The first-order valence-corrected chi connectivity index (χ1v) is 6.81. The molecule has 0 aliphatic carbocycles. The number of aliphatic hydroxyl groups excluding tert-OH is 2. The number of nitrogens with two attached hydrogens (primary N) is 1. The second-order valence-electron chi connectivity index (χ2n) is 5.89. The Morgan fingerprint density at radius 3 is 2.50 bits per heavy atom. The summed E-state index contributed by atoms with van der Waals surface area (Å²) in [4.78, 5) is 22.4. The topological polar surface area (TPSA) is 122 Å². The van der Waals surface area contributed by atoms with Crippen LogP contribution in [0.15, 0.2) is 24.3 Å². The zero-order valence-electron chi connectivity index (χ0n) is 12.9. The number of amides is 2. The number of primary amides is 1. The van der Waals surface area contributed by atoms with Crippen LogP contribution in [0.2, 0.25) is 0 Å². The number of rotatable bonds is 5. The first-order valence-electron chi connectivity index (χ1n) is 6.81. The number of alkyl carbamates (subject to hydrolysis) is 1. The first-order chi connectivity index (χ1) is 10.1. The van der Waals surface area contributed by atoms with E-state index in [1.165, 1.54) is 0 Å². The molecular formula is C15H22N2O5. The Bertz CT molecular complexity index is 539. The molecule has 122 valence electrons. The monoisotopic (exact) mass is 310 g/mol. The molecule has 0 aromatic heterocycles. The van der Waals surface area contributed by atoms with Crippen LogP contribution in [0.5, 0.6) is 0 Å². The van der Waals surface area contributed by atoms with E-state index in [9.17, 15) is 19.8 Å². The number of carbonyl (C=O) groups excluding carboxylic acids is 2. The number of ether oxygens (including phenoxy) is 1. The lowest BCUT2D eigenvalue weighted by molar-refractivity contribution is -0.131. The molecule has 0 radical (unpaired) electrons. The summed E-state index contributed by atoms with van der Waals surface area (Å²) in [5.41, 5.74) is 5.37. The number of carbonyl (C=O) groups is 2.